The van der Waals surface area contributed by atoms with Crippen LogP contribution in [0, 0.1) is 6.92 Å². The first-order valence-electron chi connectivity index (χ1n) is 5.10. The number of nitrogens with one attached hydrogen (secondary N) is 2. The number of anilines is 1. The van der Waals surface area contributed by atoms with Gasteiger partial charge >= 0.3 is 0 Å². The van der Waals surface area contributed by atoms with Crippen molar-refractivity contribution >= 4 is 50.7 Å². The van der Waals surface area contributed by atoms with Crippen molar-refractivity contribution in [2.45, 2.75) is 33.2 Å². The van der Waals surface area contributed by atoms with Gasteiger partial charge in [0.15, 0.2) is 10.9 Å². The van der Waals surface area contributed by atoms with Gasteiger partial charge in [0.05, 0.1) is 5.02 Å². The lowest BCUT2D eigenvalue weighted by Gasteiger charge is -2.23. The molecule has 0 amide bonds. The van der Waals surface area contributed by atoms with E-state index < -0.39 is 0 Å². The maximum absolute atomic E-state index is 6.17. The van der Waals surface area contributed by atoms with Crippen molar-refractivity contribution in [1.29, 1.82) is 0 Å². The van der Waals surface area contributed by atoms with Gasteiger partial charge in [0.25, 0.3) is 0 Å². The summed E-state index contributed by atoms with van der Waals surface area (Å²) >= 11 is 14.7. The molecule has 94 valence electrons. The van der Waals surface area contributed by atoms with Gasteiger partial charge in [0.2, 0.25) is 0 Å². The summed E-state index contributed by atoms with van der Waals surface area (Å²) in [6.07, 6.45) is 1.70. The Morgan fingerprint density at radius 1 is 1.47 bits per heavy atom. The predicted molar refractivity (Wildman–Crippen MR) is 80.8 cm³/mol. The van der Waals surface area contributed by atoms with Gasteiger partial charge in [0, 0.05) is 16.2 Å². The molecule has 0 fully saturated rings. The maximum atomic E-state index is 6.17. The van der Waals surface area contributed by atoms with Crippen LogP contribution in [0.5, 0.6) is 0 Å². The summed E-state index contributed by atoms with van der Waals surface area (Å²) < 4.78 is 0.878. The standard InChI is InChI=1S/C11H15BrClN3S/c1-6-7(12)5-14-9(8(6)13)15-10(17)16-11(2,3)4/h5H,1-4H3,(H2,14,15,16,17). The number of nitrogens with zero attached hydrogens (tertiary/aromatic N) is 1. The number of aromatic nitrogens is 1. The minimum absolute atomic E-state index is 0.0963. The zero-order chi connectivity index (χ0) is 13.2. The third-order valence-electron chi connectivity index (χ3n) is 1.92. The van der Waals surface area contributed by atoms with Gasteiger partial charge in [0.1, 0.15) is 0 Å². The van der Waals surface area contributed by atoms with Gasteiger partial charge in [-0.3, -0.25) is 0 Å². The molecular formula is C11H15BrClN3S. The van der Waals surface area contributed by atoms with Crippen LogP contribution in [0.25, 0.3) is 0 Å². The van der Waals surface area contributed by atoms with Gasteiger partial charge < -0.3 is 10.6 Å². The lowest BCUT2D eigenvalue weighted by atomic mass is 10.1. The SMILES string of the molecule is Cc1c(Br)cnc(NC(=S)NC(C)(C)C)c1Cl. The molecule has 0 aliphatic heterocycles. The van der Waals surface area contributed by atoms with Gasteiger partial charge in [-0.15, -0.1) is 0 Å². The van der Waals surface area contributed by atoms with Gasteiger partial charge in [-0.1, -0.05) is 11.6 Å². The Morgan fingerprint density at radius 2 is 2.06 bits per heavy atom. The van der Waals surface area contributed by atoms with Crippen molar-refractivity contribution in [2.75, 3.05) is 5.32 Å². The van der Waals surface area contributed by atoms with Crippen molar-refractivity contribution in [3.63, 3.8) is 0 Å². The lowest BCUT2D eigenvalue weighted by Crippen LogP contribution is -2.43. The normalized spacial score (nSPS) is 11.2. The highest BCUT2D eigenvalue weighted by molar-refractivity contribution is 9.10. The Morgan fingerprint density at radius 3 is 2.59 bits per heavy atom. The van der Waals surface area contributed by atoms with E-state index in [1.165, 1.54) is 0 Å². The van der Waals surface area contributed by atoms with Gasteiger partial charge in [-0.05, 0) is 61.4 Å². The van der Waals surface area contributed by atoms with Crippen LogP contribution in [-0.4, -0.2) is 15.6 Å². The smallest absolute Gasteiger partial charge is 0.172 e. The Hall–Kier alpha value is -0.390. The molecular weight excluding hydrogens is 322 g/mol. The summed E-state index contributed by atoms with van der Waals surface area (Å²) in [5.41, 5.74) is 0.837. The van der Waals surface area contributed by atoms with E-state index >= 15 is 0 Å². The Bertz CT molecular complexity index is 443. The molecule has 0 aromatic carbocycles. The Labute approximate surface area is 120 Å². The van der Waals surface area contributed by atoms with E-state index in [0.717, 1.165) is 10.0 Å². The summed E-state index contributed by atoms with van der Waals surface area (Å²) in [5.74, 6) is 0.564. The highest BCUT2D eigenvalue weighted by atomic mass is 79.9. The fourth-order valence-corrected chi connectivity index (χ4v) is 2.14. The van der Waals surface area contributed by atoms with Gasteiger partial charge in [-0.2, -0.15) is 0 Å². The minimum Gasteiger partial charge on any atom is -0.358 e. The minimum atomic E-state index is -0.0963. The Balaban J connectivity index is 2.83. The largest absolute Gasteiger partial charge is 0.358 e. The quantitative estimate of drug-likeness (QED) is 0.763. The molecule has 0 atom stereocenters. The highest BCUT2D eigenvalue weighted by Crippen LogP contribution is 2.28. The van der Waals surface area contributed by atoms with Crippen LogP contribution < -0.4 is 10.6 Å². The number of halogens is 2. The number of hydrogen-bond donors (Lipinski definition) is 2. The van der Waals surface area contributed by atoms with E-state index in [0.29, 0.717) is 16.0 Å². The highest BCUT2D eigenvalue weighted by Gasteiger charge is 2.13. The molecule has 1 aromatic rings. The van der Waals surface area contributed by atoms with Crippen LogP contribution in [0.1, 0.15) is 26.3 Å². The molecule has 0 saturated heterocycles. The molecule has 1 rings (SSSR count). The van der Waals surface area contributed by atoms with E-state index in [-0.39, 0.29) is 5.54 Å². The predicted octanol–water partition coefficient (Wildman–Crippen LogP) is 3.89. The number of thiocarbonyl (C=S) groups is 1. The van der Waals surface area contributed by atoms with Crippen LogP contribution in [0.2, 0.25) is 5.02 Å². The first-order chi connectivity index (χ1) is 7.70. The molecule has 3 nitrogen and oxygen atoms in total. The lowest BCUT2D eigenvalue weighted by molar-refractivity contribution is 0.515. The van der Waals surface area contributed by atoms with Crippen molar-refractivity contribution in [2.24, 2.45) is 0 Å². The van der Waals surface area contributed by atoms with Crippen molar-refractivity contribution < 1.29 is 0 Å². The third-order valence-corrected chi connectivity index (χ3v) is 3.39. The zero-order valence-corrected chi connectivity index (χ0v) is 13.3. The summed E-state index contributed by atoms with van der Waals surface area (Å²) in [6, 6.07) is 0. The molecule has 0 saturated carbocycles. The van der Waals surface area contributed by atoms with E-state index in [1.807, 2.05) is 27.7 Å². The van der Waals surface area contributed by atoms with Crippen LogP contribution >= 0.6 is 39.7 Å². The first-order valence-corrected chi connectivity index (χ1v) is 6.68. The van der Waals surface area contributed by atoms with Crippen LogP contribution in [0.15, 0.2) is 10.7 Å². The fraction of sp³-hybridized carbons (Fsp3) is 0.455. The second kappa shape index (κ2) is 5.50. The van der Waals surface area contributed by atoms with Crippen molar-refractivity contribution in [3.05, 3.63) is 21.3 Å². The first kappa shape index (κ1) is 14.7. The van der Waals surface area contributed by atoms with Crippen molar-refractivity contribution in [1.82, 2.24) is 10.3 Å². The van der Waals surface area contributed by atoms with Crippen LogP contribution in [0.4, 0.5) is 5.82 Å². The summed E-state index contributed by atoms with van der Waals surface area (Å²) in [7, 11) is 0. The van der Waals surface area contributed by atoms with Crippen LogP contribution in [-0.2, 0) is 0 Å². The molecule has 2 N–H and O–H groups in total. The van der Waals surface area contributed by atoms with E-state index in [4.69, 9.17) is 23.8 Å². The van der Waals surface area contributed by atoms with E-state index in [1.54, 1.807) is 6.20 Å². The zero-order valence-electron chi connectivity index (χ0n) is 10.2. The van der Waals surface area contributed by atoms with E-state index in [9.17, 15) is 0 Å². The second-order valence-electron chi connectivity index (χ2n) is 4.72. The summed E-state index contributed by atoms with van der Waals surface area (Å²) in [5, 5.41) is 7.21. The number of rotatable bonds is 1. The Kier molecular flexibility index (Phi) is 4.75. The van der Waals surface area contributed by atoms with Crippen LogP contribution in [0.3, 0.4) is 0 Å². The summed E-state index contributed by atoms with van der Waals surface area (Å²) in [6.45, 7) is 8.01. The monoisotopic (exact) mass is 335 g/mol. The molecule has 1 heterocycles. The molecule has 0 bridgehead atoms. The topological polar surface area (TPSA) is 37.0 Å². The molecule has 17 heavy (non-hydrogen) atoms. The molecule has 0 unspecified atom stereocenters. The fourth-order valence-electron chi connectivity index (χ4n) is 1.12. The second-order valence-corrected chi connectivity index (χ2v) is 6.36. The molecule has 0 radical (unpaired) electrons. The third kappa shape index (κ3) is 4.41. The summed E-state index contributed by atoms with van der Waals surface area (Å²) in [4.78, 5) is 4.19. The van der Waals surface area contributed by atoms with E-state index in [2.05, 4.69) is 31.5 Å². The number of pyridine rings is 1. The molecule has 1 aromatic heterocycles. The average Bonchev–Trinajstić information content (AvgIpc) is 2.16. The van der Waals surface area contributed by atoms with Gasteiger partial charge in [-0.25, -0.2) is 4.98 Å². The average molecular weight is 337 g/mol. The molecule has 0 aliphatic rings. The molecule has 0 aliphatic carbocycles. The molecule has 0 spiro atoms. The van der Waals surface area contributed by atoms with Crippen molar-refractivity contribution in [3.8, 4) is 0 Å². The number of hydrogen-bond acceptors (Lipinski definition) is 2. The maximum Gasteiger partial charge on any atom is 0.172 e. The molecule has 6 heteroatoms.